The van der Waals surface area contributed by atoms with Crippen LogP contribution in [0.2, 0.25) is 0 Å². The number of allylic oxidation sites excluding steroid dienone is 3. The maximum Gasteiger partial charge on any atom is 0.0572 e. The second-order valence-corrected chi connectivity index (χ2v) is 2.99. The lowest BCUT2D eigenvalue weighted by Gasteiger charge is -2.08. The van der Waals surface area contributed by atoms with Gasteiger partial charge in [0.25, 0.3) is 0 Å². The first-order valence-corrected chi connectivity index (χ1v) is 4.07. The maximum absolute atomic E-state index is 9.14. The van der Waals surface area contributed by atoms with E-state index in [2.05, 4.69) is 0 Å². The summed E-state index contributed by atoms with van der Waals surface area (Å²) in [4.78, 5) is 0. The van der Waals surface area contributed by atoms with Crippen LogP contribution in [0.25, 0.3) is 0 Å². The van der Waals surface area contributed by atoms with E-state index in [0.29, 0.717) is 0 Å². The number of aliphatic hydroxyl groups excluding tert-OH is 1. The molecule has 0 aliphatic heterocycles. The highest BCUT2D eigenvalue weighted by Gasteiger charge is 2.02. The first-order chi connectivity index (χ1) is 5.07. The Labute approximate surface area is 69.4 Å². The van der Waals surface area contributed by atoms with Gasteiger partial charge in [-0.05, 0) is 26.7 Å². The minimum Gasteiger partial charge on any atom is -0.393 e. The van der Waals surface area contributed by atoms with Crippen LogP contribution in [-0.2, 0) is 0 Å². The number of hydrogen-bond donors (Lipinski definition) is 1. The molecule has 0 bridgehead atoms. The first kappa shape index (κ1) is 10.4. The Morgan fingerprint density at radius 3 is 2.27 bits per heavy atom. The molecule has 1 heteroatoms. The van der Waals surface area contributed by atoms with Gasteiger partial charge in [-0.1, -0.05) is 30.7 Å². The fourth-order valence-corrected chi connectivity index (χ4v) is 0.561. The van der Waals surface area contributed by atoms with Crippen molar-refractivity contribution in [1.29, 1.82) is 0 Å². The highest BCUT2D eigenvalue weighted by molar-refractivity contribution is 5.15. The second-order valence-electron chi connectivity index (χ2n) is 2.99. The van der Waals surface area contributed by atoms with E-state index in [4.69, 9.17) is 5.11 Å². The van der Waals surface area contributed by atoms with Crippen LogP contribution in [0.5, 0.6) is 0 Å². The van der Waals surface area contributed by atoms with Crippen LogP contribution in [0.1, 0.15) is 27.7 Å². The Morgan fingerprint density at radius 2 is 1.91 bits per heavy atom. The van der Waals surface area contributed by atoms with Crippen molar-refractivity contribution in [3.63, 3.8) is 0 Å². The quantitative estimate of drug-likeness (QED) is 0.619. The molecule has 64 valence electrons. The predicted octanol–water partition coefficient (Wildman–Crippen LogP) is 2.53. The van der Waals surface area contributed by atoms with Gasteiger partial charge < -0.3 is 5.11 Å². The van der Waals surface area contributed by atoms with E-state index >= 15 is 0 Å². The summed E-state index contributed by atoms with van der Waals surface area (Å²) >= 11 is 0. The fraction of sp³-hybridized carbons (Fsp3) is 0.600. The SMILES string of the molecule is C/C=C(C)/C=C/[C@@H](C)[C@H](C)O. The molecule has 0 aromatic heterocycles. The molecule has 0 saturated carbocycles. The molecular formula is C10H18O. The van der Waals surface area contributed by atoms with Gasteiger partial charge in [-0.15, -0.1) is 0 Å². The fourth-order valence-electron chi connectivity index (χ4n) is 0.561. The van der Waals surface area contributed by atoms with Crippen LogP contribution in [0.4, 0.5) is 0 Å². The third-order valence-electron chi connectivity index (χ3n) is 1.88. The first-order valence-electron chi connectivity index (χ1n) is 4.07. The summed E-state index contributed by atoms with van der Waals surface area (Å²) < 4.78 is 0. The molecule has 0 aromatic rings. The molecule has 0 unspecified atom stereocenters. The van der Waals surface area contributed by atoms with E-state index < -0.39 is 0 Å². The predicted molar refractivity (Wildman–Crippen MR) is 49.4 cm³/mol. The number of rotatable bonds is 3. The molecule has 0 aromatic carbocycles. The van der Waals surface area contributed by atoms with Crippen LogP contribution in [0.15, 0.2) is 23.8 Å². The molecule has 11 heavy (non-hydrogen) atoms. The lowest BCUT2D eigenvalue weighted by atomic mass is 10.1. The van der Waals surface area contributed by atoms with Gasteiger partial charge in [0.15, 0.2) is 0 Å². The third kappa shape index (κ3) is 4.79. The van der Waals surface area contributed by atoms with Crippen molar-refractivity contribution in [2.45, 2.75) is 33.8 Å². The van der Waals surface area contributed by atoms with Crippen molar-refractivity contribution >= 4 is 0 Å². The molecule has 0 heterocycles. The van der Waals surface area contributed by atoms with Gasteiger partial charge in [0, 0.05) is 0 Å². The zero-order valence-electron chi connectivity index (χ0n) is 7.83. The van der Waals surface area contributed by atoms with Gasteiger partial charge in [-0.3, -0.25) is 0 Å². The van der Waals surface area contributed by atoms with Crippen molar-refractivity contribution in [1.82, 2.24) is 0 Å². The molecule has 0 saturated heterocycles. The summed E-state index contributed by atoms with van der Waals surface area (Å²) in [6, 6.07) is 0. The highest BCUT2D eigenvalue weighted by atomic mass is 16.3. The summed E-state index contributed by atoms with van der Waals surface area (Å²) in [6.45, 7) is 7.86. The Hall–Kier alpha value is -0.560. The van der Waals surface area contributed by atoms with E-state index in [0.717, 1.165) is 0 Å². The smallest absolute Gasteiger partial charge is 0.0572 e. The molecule has 0 fully saturated rings. The van der Waals surface area contributed by atoms with Gasteiger partial charge in [0.1, 0.15) is 0 Å². The van der Waals surface area contributed by atoms with Crippen molar-refractivity contribution in [2.24, 2.45) is 5.92 Å². The second kappa shape index (κ2) is 5.14. The van der Waals surface area contributed by atoms with E-state index in [1.54, 1.807) is 6.92 Å². The molecule has 0 aliphatic rings. The molecule has 0 aliphatic carbocycles. The molecule has 0 radical (unpaired) electrons. The Balaban J connectivity index is 3.93. The van der Waals surface area contributed by atoms with Crippen molar-refractivity contribution in [2.75, 3.05) is 0 Å². The lowest BCUT2D eigenvalue weighted by Crippen LogP contribution is -2.09. The zero-order valence-corrected chi connectivity index (χ0v) is 7.83. The van der Waals surface area contributed by atoms with Crippen LogP contribution in [0, 0.1) is 5.92 Å². The topological polar surface area (TPSA) is 20.2 Å². The monoisotopic (exact) mass is 154 g/mol. The van der Waals surface area contributed by atoms with Crippen LogP contribution in [0.3, 0.4) is 0 Å². The average molecular weight is 154 g/mol. The molecule has 0 spiro atoms. The van der Waals surface area contributed by atoms with Gasteiger partial charge in [-0.25, -0.2) is 0 Å². The molecule has 2 atom stereocenters. The van der Waals surface area contributed by atoms with Crippen LogP contribution >= 0.6 is 0 Å². The number of aliphatic hydroxyl groups is 1. The van der Waals surface area contributed by atoms with Gasteiger partial charge >= 0.3 is 0 Å². The van der Waals surface area contributed by atoms with Crippen molar-refractivity contribution in [3.8, 4) is 0 Å². The minimum atomic E-state index is -0.254. The zero-order chi connectivity index (χ0) is 8.85. The normalized spacial score (nSPS) is 18.8. The average Bonchev–Trinajstić information content (AvgIpc) is 1.99. The van der Waals surface area contributed by atoms with Crippen molar-refractivity contribution < 1.29 is 5.11 Å². The maximum atomic E-state index is 9.14. The largest absolute Gasteiger partial charge is 0.393 e. The molecule has 0 amide bonds. The number of hydrogen-bond acceptors (Lipinski definition) is 1. The van der Waals surface area contributed by atoms with E-state index in [-0.39, 0.29) is 12.0 Å². The van der Waals surface area contributed by atoms with Crippen LogP contribution < -0.4 is 0 Å². The summed E-state index contributed by atoms with van der Waals surface area (Å²) in [5.74, 6) is 0.241. The van der Waals surface area contributed by atoms with Gasteiger partial charge in [0.2, 0.25) is 0 Å². The molecular weight excluding hydrogens is 136 g/mol. The summed E-state index contributed by atoms with van der Waals surface area (Å²) in [5, 5.41) is 9.14. The standard InChI is InChI=1S/C10H18O/c1-5-8(2)6-7-9(3)10(4)11/h5-7,9-11H,1-4H3/b7-6+,8-5+/t9-,10+/m1/s1. The summed E-state index contributed by atoms with van der Waals surface area (Å²) in [7, 11) is 0. The Bertz CT molecular complexity index is 154. The Morgan fingerprint density at radius 1 is 1.36 bits per heavy atom. The molecule has 0 rings (SSSR count). The van der Waals surface area contributed by atoms with E-state index in [1.165, 1.54) is 5.57 Å². The van der Waals surface area contributed by atoms with Gasteiger partial charge in [-0.2, -0.15) is 0 Å². The minimum absolute atomic E-state index is 0.241. The van der Waals surface area contributed by atoms with Crippen LogP contribution in [-0.4, -0.2) is 11.2 Å². The van der Waals surface area contributed by atoms with E-state index in [1.807, 2.05) is 39.0 Å². The van der Waals surface area contributed by atoms with Gasteiger partial charge in [0.05, 0.1) is 6.10 Å². The summed E-state index contributed by atoms with van der Waals surface area (Å²) in [5.41, 5.74) is 1.23. The lowest BCUT2D eigenvalue weighted by molar-refractivity contribution is 0.157. The molecule has 1 nitrogen and oxygen atoms in total. The summed E-state index contributed by atoms with van der Waals surface area (Å²) in [6.07, 6.45) is 5.86. The third-order valence-corrected chi connectivity index (χ3v) is 1.88. The Kier molecular flexibility index (Phi) is 4.88. The van der Waals surface area contributed by atoms with E-state index in [9.17, 15) is 0 Å². The molecule has 1 N–H and O–H groups in total. The highest BCUT2D eigenvalue weighted by Crippen LogP contribution is 2.05. The van der Waals surface area contributed by atoms with Crippen molar-refractivity contribution in [3.05, 3.63) is 23.8 Å².